The Morgan fingerprint density at radius 3 is 2.29 bits per heavy atom. The lowest BCUT2D eigenvalue weighted by Crippen LogP contribution is -2.31. The summed E-state index contributed by atoms with van der Waals surface area (Å²) < 4.78 is 40.3. The lowest BCUT2D eigenvalue weighted by Gasteiger charge is -2.16. The molecule has 1 unspecified atom stereocenters. The van der Waals surface area contributed by atoms with Crippen LogP contribution in [0.25, 0.3) is 0 Å². The summed E-state index contributed by atoms with van der Waals surface area (Å²) in [6.45, 7) is 4.90. The number of aliphatic carboxylic acids is 1. The van der Waals surface area contributed by atoms with Gasteiger partial charge < -0.3 is 5.11 Å². The van der Waals surface area contributed by atoms with Gasteiger partial charge in [0.15, 0.2) is 0 Å². The lowest BCUT2D eigenvalue weighted by atomic mass is 10.0. The minimum atomic E-state index is -3.79. The van der Waals surface area contributed by atoms with Crippen LogP contribution in [0.3, 0.4) is 0 Å². The fourth-order valence-electron chi connectivity index (χ4n) is 2.23. The predicted molar refractivity (Wildman–Crippen MR) is 77.1 cm³/mol. The summed E-state index contributed by atoms with van der Waals surface area (Å²) in [5.74, 6) is -1.73. The Labute approximate surface area is 124 Å². The smallest absolute Gasteiger partial charge is 0.303 e. The zero-order valence-corrected chi connectivity index (χ0v) is 13.1. The number of halogens is 1. The molecule has 1 aromatic rings. The summed E-state index contributed by atoms with van der Waals surface area (Å²) in [7, 11) is -3.79. The van der Waals surface area contributed by atoms with E-state index in [4.69, 9.17) is 5.11 Å². The van der Waals surface area contributed by atoms with Crippen LogP contribution < -0.4 is 4.72 Å². The van der Waals surface area contributed by atoms with Gasteiger partial charge in [0.25, 0.3) is 0 Å². The molecule has 0 saturated heterocycles. The Morgan fingerprint density at radius 1 is 1.33 bits per heavy atom. The van der Waals surface area contributed by atoms with Crippen molar-refractivity contribution in [1.82, 2.24) is 4.72 Å². The van der Waals surface area contributed by atoms with Crippen molar-refractivity contribution in [2.24, 2.45) is 5.92 Å². The highest BCUT2D eigenvalue weighted by molar-refractivity contribution is 7.89. The zero-order valence-electron chi connectivity index (χ0n) is 12.3. The monoisotopic (exact) mass is 317 g/mol. The van der Waals surface area contributed by atoms with Crippen molar-refractivity contribution in [3.8, 4) is 0 Å². The number of sulfonamides is 1. The largest absolute Gasteiger partial charge is 0.481 e. The first-order valence-corrected chi connectivity index (χ1v) is 8.14. The lowest BCUT2D eigenvalue weighted by molar-refractivity contribution is -0.138. The van der Waals surface area contributed by atoms with E-state index >= 15 is 0 Å². The van der Waals surface area contributed by atoms with Gasteiger partial charge in [-0.2, -0.15) is 0 Å². The molecule has 2 N–H and O–H groups in total. The predicted octanol–water partition coefficient (Wildman–Crippen LogP) is 2.22. The molecule has 1 aromatic carbocycles. The molecule has 0 aliphatic rings. The van der Waals surface area contributed by atoms with Crippen molar-refractivity contribution in [3.05, 3.63) is 29.1 Å². The number of nitrogens with one attached hydrogen (secondary N) is 1. The quantitative estimate of drug-likeness (QED) is 0.807. The molecule has 0 bridgehead atoms. The molecular formula is C14H20FNO4S. The van der Waals surface area contributed by atoms with Gasteiger partial charge in [-0.3, -0.25) is 4.79 Å². The molecule has 118 valence electrons. The zero-order chi connectivity index (χ0) is 16.2. The van der Waals surface area contributed by atoms with Gasteiger partial charge in [0, 0.05) is 13.0 Å². The molecule has 21 heavy (non-hydrogen) atoms. The third-order valence-corrected chi connectivity index (χ3v) is 5.02. The number of aryl methyl sites for hydroxylation is 2. The highest BCUT2D eigenvalue weighted by Crippen LogP contribution is 2.21. The second-order valence-electron chi connectivity index (χ2n) is 5.09. The van der Waals surface area contributed by atoms with Gasteiger partial charge >= 0.3 is 5.97 Å². The molecule has 0 spiro atoms. The average Bonchev–Trinajstić information content (AvgIpc) is 2.32. The Hall–Kier alpha value is -1.47. The average molecular weight is 317 g/mol. The highest BCUT2D eigenvalue weighted by Gasteiger charge is 2.22. The first kappa shape index (κ1) is 17.6. The van der Waals surface area contributed by atoms with E-state index in [9.17, 15) is 17.6 Å². The van der Waals surface area contributed by atoms with Gasteiger partial charge in [0.1, 0.15) is 5.82 Å². The molecule has 0 aliphatic heterocycles. The maximum atomic E-state index is 13.2. The van der Waals surface area contributed by atoms with E-state index in [1.54, 1.807) is 6.92 Å². The van der Waals surface area contributed by atoms with Crippen LogP contribution in [0.4, 0.5) is 4.39 Å². The van der Waals surface area contributed by atoms with Gasteiger partial charge in [0.05, 0.1) is 4.90 Å². The summed E-state index contributed by atoms with van der Waals surface area (Å²) in [6.07, 6.45) is 0.455. The second kappa shape index (κ2) is 7.00. The third kappa shape index (κ3) is 4.78. The highest BCUT2D eigenvalue weighted by atomic mass is 32.2. The Bertz CT molecular complexity index is 605. The molecule has 0 fully saturated rings. The van der Waals surface area contributed by atoms with Crippen LogP contribution in [0, 0.1) is 25.6 Å². The van der Waals surface area contributed by atoms with E-state index in [0.29, 0.717) is 17.5 Å². The van der Waals surface area contributed by atoms with Crippen LogP contribution in [0.2, 0.25) is 0 Å². The van der Waals surface area contributed by atoms with Crippen LogP contribution in [0.1, 0.15) is 30.9 Å². The Balaban J connectivity index is 2.95. The number of carbonyl (C=O) groups is 1. The number of hydrogen-bond acceptors (Lipinski definition) is 3. The van der Waals surface area contributed by atoms with E-state index in [1.807, 2.05) is 0 Å². The van der Waals surface area contributed by atoms with Gasteiger partial charge in [-0.1, -0.05) is 13.3 Å². The maximum Gasteiger partial charge on any atom is 0.303 e. The van der Waals surface area contributed by atoms with Crippen molar-refractivity contribution in [3.63, 3.8) is 0 Å². The fourth-order valence-corrected chi connectivity index (χ4v) is 3.79. The maximum absolute atomic E-state index is 13.2. The Morgan fingerprint density at radius 2 is 1.86 bits per heavy atom. The van der Waals surface area contributed by atoms with E-state index in [0.717, 1.165) is 12.1 Å². The first-order chi connectivity index (χ1) is 9.67. The van der Waals surface area contributed by atoms with E-state index in [2.05, 4.69) is 4.72 Å². The molecule has 0 aliphatic carbocycles. The minimum absolute atomic E-state index is 0.0430. The first-order valence-electron chi connectivity index (χ1n) is 6.65. The van der Waals surface area contributed by atoms with Gasteiger partial charge in [-0.05, 0) is 43.0 Å². The molecule has 5 nitrogen and oxygen atoms in total. The Kier molecular flexibility index (Phi) is 5.86. The molecule has 1 rings (SSSR count). The standard InChI is InChI=1S/C14H20FNO4S/c1-4-11(7-13(17)18)8-16-21(19,20)14-9(2)5-12(15)6-10(14)3/h5-6,11,16H,4,7-8H2,1-3H3,(H,17,18). The number of benzene rings is 1. The second-order valence-corrected chi connectivity index (χ2v) is 6.80. The van der Waals surface area contributed by atoms with Crippen molar-refractivity contribution < 1.29 is 22.7 Å². The van der Waals surface area contributed by atoms with E-state index in [-0.39, 0.29) is 23.8 Å². The van der Waals surface area contributed by atoms with Gasteiger partial charge in [-0.25, -0.2) is 17.5 Å². The minimum Gasteiger partial charge on any atom is -0.481 e. The summed E-state index contributed by atoms with van der Waals surface area (Å²) in [6, 6.07) is 2.33. The summed E-state index contributed by atoms with van der Waals surface area (Å²) in [5.41, 5.74) is 0.651. The number of hydrogen-bond donors (Lipinski definition) is 2. The van der Waals surface area contributed by atoms with Crippen LogP contribution in [0.15, 0.2) is 17.0 Å². The molecular weight excluding hydrogens is 297 g/mol. The van der Waals surface area contributed by atoms with Gasteiger partial charge in [0.2, 0.25) is 10.0 Å². The normalized spacial score (nSPS) is 13.1. The molecule has 7 heteroatoms. The summed E-state index contributed by atoms with van der Waals surface area (Å²) in [5, 5.41) is 8.76. The molecule has 0 heterocycles. The SMILES string of the molecule is CCC(CNS(=O)(=O)c1c(C)cc(F)cc1C)CC(=O)O. The number of carboxylic acids is 1. The third-order valence-electron chi connectivity index (χ3n) is 3.30. The molecule has 0 saturated carbocycles. The fraction of sp³-hybridized carbons (Fsp3) is 0.500. The van der Waals surface area contributed by atoms with Crippen LogP contribution in [-0.4, -0.2) is 26.0 Å². The molecule has 1 atom stereocenters. The topological polar surface area (TPSA) is 83.5 Å². The number of carboxylic acid groups (broad SMARTS) is 1. The van der Waals surface area contributed by atoms with E-state index in [1.165, 1.54) is 13.8 Å². The number of rotatable bonds is 7. The van der Waals surface area contributed by atoms with E-state index < -0.39 is 21.8 Å². The van der Waals surface area contributed by atoms with Crippen molar-refractivity contribution in [2.75, 3.05) is 6.54 Å². The van der Waals surface area contributed by atoms with Gasteiger partial charge in [-0.15, -0.1) is 0 Å². The summed E-state index contributed by atoms with van der Waals surface area (Å²) >= 11 is 0. The van der Waals surface area contributed by atoms with Crippen LogP contribution in [-0.2, 0) is 14.8 Å². The molecule has 0 aromatic heterocycles. The molecule has 0 radical (unpaired) electrons. The van der Waals surface area contributed by atoms with Crippen molar-refractivity contribution in [2.45, 2.75) is 38.5 Å². The van der Waals surface area contributed by atoms with Crippen molar-refractivity contribution in [1.29, 1.82) is 0 Å². The van der Waals surface area contributed by atoms with Crippen molar-refractivity contribution >= 4 is 16.0 Å². The van der Waals surface area contributed by atoms with Crippen LogP contribution >= 0.6 is 0 Å². The molecule has 0 amide bonds. The van der Waals surface area contributed by atoms with Crippen LogP contribution in [0.5, 0.6) is 0 Å². The summed E-state index contributed by atoms with van der Waals surface area (Å²) in [4.78, 5) is 10.7.